The molecule has 2 aromatic carbocycles. The molecule has 2 aromatic rings. The smallest absolute Gasteiger partial charge is 0.309 e. The summed E-state index contributed by atoms with van der Waals surface area (Å²) in [5.41, 5.74) is 3.52. The van der Waals surface area contributed by atoms with Crippen LogP contribution in [0, 0.1) is 19.7 Å². The summed E-state index contributed by atoms with van der Waals surface area (Å²) >= 11 is 0.839. The van der Waals surface area contributed by atoms with Crippen LogP contribution in [-0.2, 0) is 13.0 Å². The van der Waals surface area contributed by atoms with Crippen LogP contribution in [0.4, 0.5) is 14.9 Å². The second-order valence-electron chi connectivity index (χ2n) is 5.71. The molecule has 6 heteroatoms. The van der Waals surface area contributed by atoms with Crippen molar-refractivity contribution in [3.8, 4) is 5.75 Å². The van der Waals surface area contributed by atoms with Gasteiger partial charge in [0, 0.05) is 0 Å². The highest BCUT2D eigenvalue weighted by Crippen LogP contribution is 2.28. The summed E-state index contributed by atoms with van der Waals surface area (Å²) in [5.74, 6) is 0.120. The number of thioether (sulfide) groups is 1. The average molecular weight is 363 g/mol. The lowest BCUT2D eigenvalue weighted by Gasteiger charge is -2.19. The minimum atomic E-state index is -0.592. The Morgan fingerprint density at radius 3 is 2.64 bits per heavy atom. The van der Waals surface area contributed by atoms with Gasteiger partial charge in [0.15, 0.2) is 0 Å². The third-order valence-electron chi connectivity index (χ3n) is 4.06. The molecular weight excluding hydrogens is 341 g/mol. The molecule has 0 unspecified atom stereocenters. The van der Waals surface area contributed by atoms with E-state index in [1.54, 1.807) is 6.26 Å². The predicted octanol–water partition coefficient (Wildman–Crippen LogP) is 5.26. The van der Waals surface area contributed by atoms with Gasteiger partial charge in [-0.25, -0.2) is 4.39 Å². The first-order valence-electron chi connectivity index (χ1n) is 7.96. The second-order valence-corrected chi connectivity index (χ2v) is 6.46. The van der Waals surface area contributed by atoms with Gasteiger partial charge in [0.05, 0.1) is 11.3 Å². The number of hydroxylamine groups is 1. The summed E-state index contributed by atoms with van der Waals surface area (Å²) in [4.78, 5) is 11.7. The summed E-state index contributed by atoms with van der Waals surface area (Å²) in [6.07, 6.45) is 2.48. The van der Waals surface area contributed by atoms with E-state index >= 15 is 0 Å². The lowest BCUT2D eigenvalue weighted by Crippen LogP contribution is -2.24. The van der Waals surface area contributed by atoms with Gasteiger partial charge in [-0.15, -0.1) is 0 Å². The maximum Gasteiger partial charge on any atom is 0.309 e. The van der Waals surface area contributed by atoms with Gasteiger partial charge >= 0.3 is 5.24 Å². The number of nitrogens with zero attached hydrogens (tertiary/aromatic N) is 1. The highest BCUT2D eigenvalue weighted by atomic mass is 32.2. The standard InChI is InChI=1S/C19H22FNO3S/c1-5-14-9-13(3)18(10-12(14)2)24-11-15-16(20)7-6-8-17(15)21(23)19(22)25-4/h6-10,23H,5,11H2,1-4H3. The van der Waals surface area contributed by atoms with Gasteiger partial charge in [-0.05, 0) is 61.4 Å². The molecule has 0 saturated carbocycles. The van der Waals surface area contributed by atoms with Crippen LogP contribution in [0.5, 0.6) is 5.75 Å². The first-order valence-corrected chi connectivity index (χ1v) is 9.18. The Morgan fingerprint density at radius 1 is 1.28 bits per heavy atom. The Morgan fingerprint density at radius 2 is 2.00 bits per heavy atom. The molecule has 0 bridgehead atoms. The molecule has 0 fully saturated rings. The fourth-order valence-electron chi connectivity index (χ4n) is 2.61. The van der Waals surface area contributed by atoms with Crippen molar-refractivity contribution >= 4 is 22.7 Å². The largest absolute Gasteiger partial charge is 0.488 e. The lowest BCUT2D eigenvalue weighted by molar-refractivity contribution is 0.223. The SMILES string of the molecule is CCc1cc(C)c(OCc2c(F)cccc2N(O)C(=O)SC)cc1C. The number of aryl methyl sites for hydroxylation is 3. The van der Waals surface area contributed by atoms with Gasteiger partial charge in [-0.2, -0.15) is 5.06 Å². The lowest BCUT2D eigenvalue weighted by atomic mass is 10.0. The van der Waals surface area contributed by atoms with Gasteiger partial charge < -0.3 is 4.74 Å². The molecule has 25 heavy (non-hydrogen) atoms. The molecule has 0 radical (unpaired) electrons. The summed E-state index contributed by atoms with van der Waals surface area (Å²) in [7, 11) is 0. The zero-order valence-corrected chi connectivity index (χ0v) is 15.6. The van der Waals surface area contributed by atoms with Gasteiger partial charge in [0.2, 0.25) is 0 Å². The topological polar surface area (TPSA) is 49.8 Å². The Kier molecular flexibility index (Phi) is 6.45. The van der Waals surface area contributed by atoms with Crippen molar-refractivity contribution in [2.45, 2.75) is 33.8 Å². The molecule has 134 valence electrons. The molecule has 0 aliphatic carbocycles. The van der Waals surface area contributed by atoms with Crippen LogP contribution < -0.4 is 9.80 Å². The van der Waals surface area contributed by atoms with E-state index in [9.17, 15) is 14.4 Å². The number of carbonyl (C=O) groups excluding carboxylic acids is 1. The fourth-order valence-corrected chi connectivity index (χ4v) is 2.88. The number of ether oxygens (including phenoxy) is 1. The first kappa shape index (κ1) is 19.3. The van der Waals surface area contributed by atoms with E-state index < -0.39 is 11.1 Å². The zero-order chi connectivity index (χ0) is 18.6. The van der Waals surface area contributed by atoms with Crippen LogP contribution in [-0.4, -0.2) is 16.7 Å². The minimum Gasteiger partial charge on any atom is -0.488 e. The van der Waals surface area contributed by atoms with Crippen LogP contribution in [0.15, 0.2) is 30.3 Å². The molecule has 0 atom stereocenters. The number of amides is 1. The van der Waals surface area contributed by atoms with Crippen LogP contribution in [0.25, 0.3) is 0 Å². The Hall–Kier alpha value is -2.05. The Balaban J connectivity index is 2.30. The van der Waals surface area contributed by atoms with Gasteiger partial charge in [0.1, 0.15) is 18.2 Å². The van der Waals surface area contributed by atoms with Crippen molar-refractivity contribution in [3.63, 3.8) is 0 Å². The van der Waals surface area contributed by atoms with E-state index in [0.29, 0.717) is 10.8 Å². The van der Waals surface area contributed by atoms with E-state index in [0.717, 1.165) is 29.3 Å². The highest BCUT2D eigenvalue weighted by Gasteiger charge is 2.19. The summed E-state index contributed by atoms with van der Waals surface area (Å²) in [6, 6.07) is 8.18. The van der Waals surface area contributed by atoms with Crippen LogP contribution in [0.3, 0.4) is 0 Å². The molecule has 4 nitrogen and oxygen atoms in total. The molecular formula is C19H22FNO3S. The van der Waals surface area contributed by atoms with E-state index in [1.165, 1.54) is 23.8 Å². The second kappa shape index (κ2) is 8.36. The van der Waals surface area contributed by atoms with E-state index in [2.05, 4.69) is 13.0 Å². The fraction of sp³-hybridized carbons (Fsp3) is 0.316. The maximum absolute atomic E-state index is 14.2. The highest BCUT2D eigenvalue weighted by molar-refractivity contribution is 8.13. The molecule has 2 rings (SSSR count). The third kappa shape index (κ3) is 4.32. The monoisotopic (exact) mass is 363 g/mol. The summed E-state index contributed by atoms with van der Waals surface area (Å²) < 4.78 is 20.0. The number of anilines is 1. The Labute approximate surface area is 151 Å². The molecule has 0 saturated heterocycles. The van der Waals surface area contributed by atoms with Crippen molar-refractivity contribution in [1.82, 2.24) is 0 Å². The molecule has 1 N–H and O–H groups in total. The number of hydrogen-bond acceptors (Lipinski definition) is 4. The molecule has 0 aromatic heterocycles. The molecule has 0 heterocycles. The number of rotatable bonds is 5. The quantitative estimate of drug-likeness (QED) is 0.581. The summed E-state index contributed by atoms with van der Waals surface area (Å²) in [6.45, 7) is 5.94. The first-order chi connectivity index (χ1) is 11.9. The molecule has 0 aliphatic rings. The van der Waals surface area contributed by atoms with Gasteiger partial charge in [0.25, 0.3) is 0 Å². The van der Waals surface area contributed by atoms with Crippen LogP contribution in [0.2, 0.25) is 0 Å². The molecule has 0 spiro atoms. The van der Waals surface area contributed by atoms with Crippen LogP contribution in [0.1, 0.15) is 29.2 Å². The number of carbonyl (C=O) groups is 1. The van der Waals surface area contributed by atoms with Crippen molar-refractivity contribution in [2.75, 3.05) is 11.3 Å². The van der Waals surface area contributed by atoms with Crippen molar-refractivity contribution in [3.05, 3.63) is 58.4 Å². The van der Waals surface area contributed by atoms with Gasteiger partial charge in [-0.3, -0.25) is 10.0 Å². The average Bonchev–Trinajstić information content (AvgIpc) is 2.61. The van der Waals surface area contributed by atoms with Crippen molar-refractivity contribution in [1.29, 1.82) is 0 Å². The van der Waals surface area contributed by atoms with Crippen molar-refractivity contribution in [2.24, 2.45) is 0 Å². The van der Waals surface area contributed by atoms with Crippen molar-refractivity contribution < 1.29 is 19.1 Å². The maximum atomic E-state index is 14.2. The number of hydrogen-bond donors (Lipinski definition) is 1. The normalized spacial score (nSPS) is 10.6. The Bertz CT molecular complexity index is 780. The van der Waals surface area contributed by atoms with Gasteiger partial charge in [-0.1, -0.05) is 30.8 Å². The summed E-state index contributed by atoms with van der Waals surface area (Å²) in [5, 5.41) is 9.86. The number of benzene rings is 2. The predicted molar refractivity (Wildman–Crippen MR) is 99.2 cm³/mol. The molecule has 1 amide bonds. The van der Waals surface area contributed by atoms with E-state index in [4.69, 9.17) is 4.74 Å². The molecule has 0 aliphatic heterocycles. The van der Waals surface area contributed by atoms with Crippen LogP contribution >= 0.6 is 11.8 Å². The number of halogens is 1. The van der Waals surface area contributed by atoms with E-state index in [-0.39, 0.29) is 17.9 Å². The zero-order valence-electron chi connectivity index (χ0n) is 14.8. The van der Waals surface area contributed by atoms with E-state index in [1.807, 2.05) is 19.9 Å². The minimum absolute atomic E-state index is 0.0823. The third-order valence-corrected chi connectivity index (χ3v) is 4.58.